The Labute approximate surface area is 157 Å². The van der Waals surface area contributed by atoms with Gasteiger partial charge in [0.15, 0.2) is 0 Å². The summed E-state index contributed by atoms with van der Waals surface area (Å²) in [6.07, 6.45) is 1.92. The predicted molar refractivity (Wildman–Crippen MR) is 95.3 cm³/mol. The van der Waals surface area contributed by atoms with Crippen LogP contribution in [0.2, 0.25) is 0 Å². The number of alkyl halides is 3. The van der Waals surface area contributed by atoms with Crippen molar-refractivity contribution >= 4 is 43.7 Å². The highest BCUT2D eigenvalue weighted by molar-refractivity contribution is 7.93. The number of benzene rings is 1. The normalized spacial score (nSPS) is 15.6. The number of aryl methyl sites for hydroxylation is 1. The molecule has 0 unspecified atom stereocenters. The molecule has 3 rings (SSSR count). The van der Waals surface area contributed by atoms with Gasteiger partial charge in [0.2, 0.25) is 5.13 Å². The van der Waals surface area contributed by atoms with E-state index in [2.05, 4.69) is 19.6 Å². The molecule has 0 bridgehead atoms. The SMILES string of the molecule is Cc1nsc(N=Nc2ccc(N3CCCC3)cc2NS(=O)(=O)C(F)(F)F)n1. The molecule has 0 atom stereocenters. The number of azo groups is 1. The van der Waals surface area contributed by atoms with Crippen molar-refractivity contribution in [1.29, 1.82) is 0 Å². The van der Waals surface area contributed by atoms with Crippen LogP contribution in [0.1, 0.15) is 18.7 Å². The number of nitrogens with one attached hydrogen (secondary N) is 1. The third kappa shape index (κ3) is 4.53. The minimum atomic E-state index is -5.59. The van der Waals surface area contributed by atoms with Crippen molar-refractivity contribution in [3.8, 4) is 0 Å². The number of nitrogens with zero attached hydrogens (tertiary/aromatic N) is 5. The minimum Gasteiger partial charge on any atom is -0.371 e. The van der Waals surface area contributed by atoms with E-state index >= 15 is 0 Å². The predicted octanol–water partition coefficient (Wildman–Crippen LogP) is 4.12. The molecule has 2 heterocycles. The molecule has 146 valence electrons. The second-order valence-corrected chi connectivity index (χ2v) is 8.18. The maximum atomic E-state index is 12.8. The summed E-state index contributed by atoms with van der Waals surface area (Å²) in [4.78, 5) is 5.93. The second kappa shape index (κ2) is 7.38. The van der Waals surface area contributed by atoms with Crippen molar-refractivity contribution in [1.82, 2.24) is 9.36 Å². The fraction of sp³-hybridized carbons (Fsp3) is 0.429. The lowest BCUT2D eigenvalue weighted by Gasteiger charge is -2.19. The van der Waals surface area contributed by atoms with Crippen LogP contribution in [0.15, 0.2) is 28.4 Å². The van der Waals surface area contributed by atoms with Crippen LogP contribution in [-0.4, -0.2) is 36.4 Å². The van der Waals surface area contributed by atoms with E-state index in [0.29, 0.717) is 11.5 Å². The highest BCUT2D eigenvalue weighted by atomic mass is 32.2. The molecule has 13 heteroatoms. The Kier molecular flexibility index (Phi) is 5.33. The minimum absolute atomic E-state index is 0.0568. The van der Waals surface area contributed by atoms with E-state index in [1.165, 1.54) is 12.1 Å². The molecule has 0 saturated carbocycles. The smallest absolute Gasteiger partial charge is 0.371 e. The van der Waals surface area contributed by atoms with Crippen LogP contribution in [0.4, 0.5) is 35.4 Å². The van der Waals surface area contributed by atoms with Crippen LogP contribution in [0.3, 0.4) is 0 Å². The molecule has 0 amide bonds. The molecule has 1 aromatic heterocycles. The van der Waals surface area contributed by atoms with Gasteiger partial charge in [-0.25, -0.2) is 4.98 Å². The molecule has 1 N–H and O–H groups in total. The molecule has 1 saturated heterocycles. The molecule has 0 radical (unpaired) electrons. The molecule has 2 aromatic rings. The summed E-state index contributed by atoms with van der Waals surface area (Å²) < 4.78 is 66.9. The summed E-state index contributed by atoms with van der Waals surface area (Å²) in [6, 6.07) is 4.41. The van der Waals surface area contributed by atoms with Crippen LogP contribution in [0, 0.1) is 6.92 Å². The molecule has 0 spiro atoms. The summed E-state index contributed by atoms with van der Waals surface area (Å²) in [5, 5.41) is 7.87. The van der Waals surface area contributed by atoms with Crippen LogP contribution < -0.4 is 9.62 Å². The molecule has 1 aromatic carbocycles. The molecular weight excluding hydrogens is 405 g/mol. The van der Waals surface area contributed by atoms with Crippen LogP contribution >= 0.6 is 11.5 Å². The number of anilines is 2. The van der Waals surface area contributed by atoms with Crippen LogP contribution in [-0.2, 0) is 10.0 Å². The van der Waals surface area contributed by atoms with E-state index in [-0.39, 0.29) is 16.5 Å². The van der Waals surface area contributed by atoms with Gasteiger partial charge < -0.3 is 4.90 Å². The summed E-state index contributed by atoms with van der Waals surface area (Å²) in [5.41, 5.74) is -5.19. The number of sulfonamides is 1. The lowest BCUT2D eigenvalue weighted by molar-refractivity contribution is -0.0429. The summed E-state index contributed by atoms with van der Waals surface area (Å²) in [7, 11) is -5.59. The van der Waals surface area contributed by atoms with E-state index in [4.69, 9.17) is 0 Å². The molecule has 8 nitrogen and oxygen atoms in total. The van der Waals surface area contributed by atoms with E-state index in [1.54, 1.807) is 17.7 Å². The standard InChI is InChI=1S/C14H15F3N6O2S2/c1-9-18-13(26-21-9)20-19-11-5-4-10(23-6-2-3-7-23)8-12(11)22-27(24,25)14(15,16)17/h4-5,8,22H,2-3,6-7H2,1H3. The van der Waals surface area contributed by atoms with Gasteiger partial charge in [0, 0.05) is 30.3 Å². The first kappa shape index (κ1) is 19.5. The summed E-state index contributed by atoms with van der Waals surface area (Å²) >= 11 is 0.967. The van der Waals surface area contributed by atoms with Gasteiger partial charge in [-0.05, 0) is 38.0 Å². The van der Waals surface area contributed by atoms with Crippen LogP contribution in [0.5, 0.6) is 0 Å². The first-order valence-electron chi connectivity index (χ1n) is 7.86. The van der Waals surface area contributed by atoms with Crippen molar-refractivity contribution in [2.75, 3.05) is 22.7 Å². The Morgan fingerprint density at radius 3 is 2.52 bits per heavy atom. The van der Waals surface area contributed by atoms with Gasteiger partial charge in [-0.3, -0.25) is 4.72 Å². The monoisotopic (exact) mass is 420 g/mol. The van der Waals surface area contributed by atoms with Crippen molar-refractivity contribution in [2.45, 2.75) is 25.3 Å². The fourth-order valence-electron chi connectivity index (χ4n) is 2.49. The first-order valence-corrected chi connectivity index (χ1v) is 10.1. The summed E-state index contributed by atoms with van der Waals surface area (Å²) in [5.74, 6) is 0.483. The van der Waals surface area contributed by atoms with Gasteiger partial charge in [-0.2, -0.15) is 26.0 Å². The van der Waals surface area contributed by atoms with Gasteiger partial charge in [-0.1, -0.05) is 0 Å². The number of aromatic nitrogens is 2. The lowest BCUT2D eigenvalue weighted by Crippen LogP contribution is -2.30. The van der Waals surface area contributed by atoms with Gasteiger partial charge in [0.1, 0.15) is 11.5 Å². The average Bonchev–Trinajstić information content (AvgIpc) is 3.24. The number of hydrogen-bond acceptors (Lipinski definition) is 8. The number of rotatable bonds is 5. The Balaban J connectivity index is 1.97. The third-order valence-electron chi connectivity index (χ3n) is 3.76. The van der Waals surface area contributed by atoms with Crippen molar-refractivity contribution in [3.05, 3.63) is 24.0 Å². The maximum Gasteiger partial charge on any atom is 0.516 e. The van der Waals surface area contributed by atoms with E-state index in [0.717, 1.165) is 37.5 Å². The van der Waals surface area contributed by atoms with E-state index in [9.17, 15) is 21.6 Å². The molecular formula is C14H15F3N6O2S2. The largest absolute Gasteiger partial charge is 0.516 e. The Bertz CT molecular complexity index is 952. The molecule has 27 heavy (non-hydrogen) atoms. The van der Waals surface area contributed by atoms with Crippen molar-refractivity contribution in [3.63, 3.8) is 0 Å². The molecule has 1 fully saturated rings. The Hall–Kier alpha value is -2.28. The fourth-order valence-corrected chi connectivity index (χ4v) is 3.56. The third-order valence-corrected chi connectivity index (χ3v) is 5.55. The van der Waals surface area contributed by atoms with Gasteiger partial charge >= 0.3 is 15.5 Å². The zero-order valence-corrected chi connectivity index (χ0v) is 15.7. The first-order chi connectivity index (χ1) is 12.7. The molecule has 1 aliphatic rings. The molecule has 1 aliphatic heterocycles. The van der Waals surface area contributed by atoms with Crippen LogP contribution in [0.25, 0.3) is 0 Å². The van der Waals surface area contributed by atoms with Gasteiger partial charge in [0.05, 0.1) is 5.69 Å². The number of hydrogen-bond donors (Lipinski definition) is 1. The highest BCUT2D eigenvalue weighted by Crippen LogP contribution is 2.35. The van der Waals surface area contributed by atoms with E-state index < -0.39 is 15.5 Å². The van der Waals surface area contributed by atoms with Gasteiger partial charge in [0.25, 0.3) is 0 Å². The average molecular weight is 420 g/mol. The molecule has 0 aliphatic carbocycles. The number of halogens is 3. The Morgan fingerprint density at radius 2 is 1.93 bits per heavy atom. The lowest BCUT2D eigenvalue weighted by atomic mass is 10.2. The topological polar surface area (TPSA) is 99.9 Å². The highest BCUT2D eigenvalue weighted by Gasteiger charge is 2.46. The Morgan fingerprint density at radius 1 is 1.22 bits per heavy atom. The van der Waals surface area contributed by atoms with E-state index in [1.807, 2.05) is 4.90 Å². The second-order valence-electron chi connectivity index (χ2n) is 5.77. The van der Waals surface area contributed by atoms with Crippen molar-refractivity contribution in [2.24, 2.45) is 10.2 Å². The quantitative estimate of drug-likeness (QED) is 0.734. The van der Waals surface area contributed by atoms with Gasteiger partial charge in [-0.15, -0.1) is 10.2 Å². The zero-order valence-electron chi connectivity index (χ0n) is 14.1. The van der Waals surface area contributed by atoms with Crippen molar-refractivity contribution < 1.29 is 21.6 Å². The zero-order chi connectivity index (χ0) is 19.7. The summed E-state index contributed by atoms with van der Waals surface area (Å²) in [6.45, 7) is 3.15. The maximum absolute atomic E-state index is 12.8.